The van der Waals surface area contributed by atoms with Gasteiger partial charge in [0.2, 0.25) is 11.8 Å². The molecule has 2 atom stereocenters. The van der Waals surface area contributed by atoms with Gasteiger partial charge in [-0.25, -0.2) is 0 Å². The van der Waals surface area contributed by atoms with E-state index in [9.17, 15) is 9.59 Å². The Bertz CT molecular complexity index is 643. The lowest BCUT2D eigenvalue weighted by Crippen LogP contribution is -2.34. The van der Waals surface area contributed by atoms with E-state index in [0.717, 1.165) is 41.9 Å². The molecule has 2 rings (SSSR count). The molecule has 0 fully saturated rings. The van der Waals surface area contributed by atoms with Gasteiger partial charge >= 0.3 is 0 Å². The third-order valence-corrected chi connectivity index (χ3v) is 4.42. The van der Waals surface area contributed by atoms with E-state index < -0.39 is 0 Å². The lowest BCUT2D eigenvalue weighted by atomic mass is 9.89. The molecule has 0 heterocycles. The summed E-state index contributed by atoms with van der Waals surface area (Å²) in [5.74, 6) is -0.297. The predicted molar refractivity (Wildman–Crippen MR) is 94.1 cm³/mol. The van der Waals surface area contributed by atoms with Crippen LogP contribution in [0.5, 0.6) is 0 Å². The molecule has 0 aromatic rings. The Morgan fingerprint density at radius 3 is 2.38 bits per heavy atom. The van der Waals surface area contributed by atoms with Crippen LogP contribution in [-0.4, -0.2) is 17.9 Å². The van der Waals surface area contributed by atoms with Gasteiger partial charge in [-0.3, -0.25) is 9.59 Å². The van der Waals surface area contributed by atoms with Crippen molar-refractivity contribution in [1.29, 1.82) is 0 Å². The number of carbonyl (C=O) groups excluding carboxylic acids is 2. The Morgan fingerprint density at radius 2 is 1.79 bits per heavy atom. The number of carbonyl (C=O) groups is 2. The van der Waals surface area contributed by atoms with Crippen LogP contribution in [0.2, 0.25) is 0 Å². The summed E-state index contributed by atoms with van der Waals surface area (Å²) in [6, 6.07) is 0.141. The van der Waals surface area contributed by atoms with Crippen LogP contribution in [0.4, 0.5) is 0 Å². The van der Waals surface area contributed by atoms with Gasteiger partial charge in [-0.05, 0) is 50.2 Å². The highest BCUT2D eigenvalue weighted by atomic mass is 16.2. The Morgan fingerprint density at radius 1 is 1.17 bits per heavy atom. The third kappa shape index (κ3) is 5.09. The van der Waals surface area contributed by atoms with E-state index in [0.29, 0.717) is 12.3 Å². The molecule has 2 unspecified atom stereocenters. The van der Waals surface area contributed by atoms with Gasteiger partial charge in [0.05, 0.1) is 0 Å². The van der Waals surface area contributed by atoms with E-state index in [1.165, 1.54) is 12.2 Å². The van der Waals surface area contributed by atoms with Gasteiger partial charge in [0, 0.05) is 35.3 Å². The first kappa shape index (κ1) is 18.0. The molecular formula is C18H26N4O2. The average molecular weight is 330 g/mol. The molecule has 0 radical (unpaired) electrons. The highest BCUT2D eigenvalue weighted by Crippen LogP contribution is 2.21. The summed E-state index contributed by atoms with van der Waals surface area (Å²) in [5, 5.41) is 5.58. The van der Waals surface area contributed by atoms with Crippen LogP contribution in [0.1, 0.15) is 39.5 Å². The predicted octanol–water partition coefficient (Wildman–Crippen LogP) is 1.33. The van der Waals surface area contributed by atoms with Crippen molar-refractivity contribution in [2.45, 2.75) is 45.6 Å². The molecule has 0 bridgehead atoms. The summed E-state index contributed by atoms with van der Waals surface area (Å²) < 4.78 is 0. The van der Waals surface area contributed by atoms with Crippen molar-refractivity contribution in [1.82, 2.24) is 10.6 Å². The lowest BCUT2D eigenvalue weighted by Gasteiger charge is -2.25. The van der Waals surface area contributed by atoms with Crippen LogP contribution in [0.3, 0.4) is 0 Å². The van der Waals surface area contributed by atoms with Crippen molar-refractivity contribution in [3.05, 3.63) is 47.0 Å². The Labute approximate surface area is 142 Å². The monoisotopic (exact) mass is 330 g/mol. The number of hydrogen-bond acceptors (Lipinski definition) is 4. The van der Waals surface area contributed by atoms with Gasteiger partial charge < -0.3 is 22.1 Å². The van der Waals surface area contributed by atoms with Crippen molar-refractivity contribution in [2.24, 2.45) is 17.4 Å². The lowest BCUT2D eigenvalue weighted by molar-refractivity contribution is -0.118. The molecule has 2 aliphatic rings. The molecule has 0 aromatic heterocycles. The second kappa shape index (κ2) is 7.97. The zero-order valence-corrected chi connectivity index (χ0v) is 14.3. The molecule has 130 valence electrons. The minimum atomic E-state index is -0.322. The highest BCUT2D eigenvalue weighted by Gasteiger charge is 2.19. The van der Waals surface area contributed by atoms with Crippen molar-refractivity contribution in [2.75, 3.05) is 0 Å². The normalized spacial score (nSPS) is 24.5. The van der Waals surface area contributed by atoms with Gasteiger partial charge in [0.15, 0.2) is 0 Å². The molecule has 0 saturated carbocycles. The van der Waals surface area contributed by atoms with Gasteiger partial charge in [0.1, 0.15) is 0 Å². The number of hydrogen-bond donors (Lipinski definition) is 4. The summed E-state index contributed by atoms with van der Waals surface area (Å²) in [6.07, 6.45) is 9.22. The molecule has 0 saturated heterocycles. The topological polar surface area (TPSA) is 110 Å². The summed E-state index contributed by atoms with van der Waals surface area (Å²) in [4.78, 5) is 23.8. The Balaban J connectivity index is 1.83. The molecule has 24 heavy (non-hydrogen) atoms. The van der Waals surface area contributed by atoms with E-state index in [2.05, 4.69) is 17.6 Å². The maximum atomic E-state index is 11.9. The van der Waals surface area contributed by atoms with E-state index in [1.807, 2.05) is 19.1 Å². The quantitative estimate of drug-likeness (QED) is 0.583. The van der Waals surface area contributed by atoms with Crippen LogP contribution < -0.4 is 22.1 Å². The van der Waals surface area contributed by atoms with E-state index in [4.69, 9.17) is 11.5 Å². The van der Waals surface area contributed by atoms with Crippen LogP contribution in [0.25, 0.3) is 0 Å². The number of rotatable bonds is 4. The minimum absolute atomic E-state index is 0.141. The maximum absolute atomic E-state index is 11.9. The highest BCUT2D eigenvalue weighted by molar-refractivity contribution is 5.97. The number of amides is 2. The zero-order chi connectivity index (χ0) is 17.7. The Hall–Kier alpha value is -2.34. The molecule has 6 nitrogen and oxygen atoms in total. The van der Waals surface area contributed by atoms with Crippen LogP contribution in [0, 0.1) is 5.92 Å². The molecule has 0 spiro atoms. The molecule has 2 aliphatic carbocycles. The first-order valence-corrected chi connectivity index (χ1v) is 8.25. The number of nitrogens with one attached hydrogen (secondary N) is 2. The number of nitrogens with two attached hydrogens (primary N) is 2. The average Bonchev–Trinajstić information content (AvgIpc) is 2.53. The van der Waals surface area contributed by atoms with Gasteiger partial charge in [-0.15, -0.1) is 0 Å². The molecule has 6 N–H and O–H groups in total. The van der Waals surface area contributed by atoms with Crippen molar-refractivity contribution >= 4 is 11.8 Å². The van der Waals surface area contributed by atoms with Gasteiger partial charge in [-0.1, -0.05) is 13.0 Å². The SMILES string of the molecule is CC1=C(N)CCC(NC(=O)/C=C\C(=O)NC2=CCC(N)C(C)C2)=C1. The molecule has 6 heteroatoms. The van der Waals surface area contributed by atoms with E-state index >= 15 is 0 Å². The van der Waals surface area contributed by atoms with Gasteiger partial charge in [-0.2, -0.15) is 0 Å². The molecule has 2 amide bonds. The Kier molecular flexibility index (Phi) is 5.98. The van der Waals surface area contributed by atoms with E-state index in [-0.39, 0.29) is 17.9 Å². The molecular weight excluding hydrogens is 304 g/mol. The fourth-order valence-electron chi connectivity index (χ4n) is 2.74. The zero-order valence-electron chi connectivity index (χ0n) is 14.3. The van der Waals surface area contributed by atoms with Crippen molar-refractivity contribution in [3.8, 4) is 0 Å². The van der Waals surface area contributed by atoms with Crippen LogP contribution in [-0.2, 0) is 9.59 Å². The first-order valence-electron chi connectivity index (χ1n) is 8.25. The summed E-state index contributed by atoms with van der Waals surface area (Å²) in [5.41, 5.74) is 15.2. The fraction of sp³-hybridized carbons (Fsp3) is 0.444. The summed E-state index contributed by atoms with van der Waals surface area (Å²) in [6.45, 7) is 3.98. The first-order chi connectivity index (χ1) is 11.3. The summed E-state index contributed by atoms with van der Waals surface area (Å²) in [7, 11) is 0. The second-order valence-corrected chi connectivity index (χ2v) is 6.50. The standard InChI is InChI=1S/C18H26N4O2/c1-11-9-13(3-5-15(11)19)21-17(23)7-8-18(24)22-14-4-6-16(20)12(2)10-14/h3,7-8,10-11,15H,4-6,9,19-20H2,1-2H3,(H,21,23)(H,22,24)/b8-7-. The maximum Gasteiger partial charge on any atom is 0.248 e. The number of allylic oxidation sites excluding steroid dienone is 5. The largest absolute Gasteiger partial charge is 0.402 e. The van der Waals surface area contributed by atoms with Crippen LogP contribution >= 0.6 is 0 Å². The second-order valence-electron chi connectivity index (χ2n) is 6.50. The smallest absolute Gasteiger partial charge is 0.248 e. The van der Waals surface area contributed by atoms with Crippen molar-refractivity contribution < 1.29 is 9.59 Å². The third-order valence-electron chi connectivity index (χ3n) is 4.42. The van der Waals surface area contributed by atoms with Crippen molar-refractivity contribution in [3.63, 3.8) is 0 Å². The van der Waals surface area contributed by atoms with E-state index in [1.54, 1.807) is 0 Å². The minimum Gasteiger partial charge on any atom is -0.402 e. The fourth-order valence-corrected chi connectivity index (χ4v) is 2.74. The summed E-state index contributed by atoms with van der Waals surface area (Å²) >= 11 is 0. The van der Waals surface area contributed by atoms with Crippen LogP contribution in [0.15, 0.2) is 47.0 Å². The van der Waals surface area contributed by atoms with Gasteiger partial charge in [0.25, 0.3) is 0 Å². The molecule has 0 aromatic carbocycles. The molecule has 0 aliphatic heterocycles.